The summed E-state index contributed by atoms with van der Waals surface area (Å²) in [5.74, 6) is 0.412. The van der Waals surface area contributed by atoms with E-state index in [1.165, 1.54) is 18.6 Å². The zero-order chi connectivity index (χ0) is 27.9. The number of halogens is 1. The van der Waals surface area contributed by atoms with Crippen LogP contribution in [0.15, 0.2) is 58.5 Å². The van der Waals surface area contributed by atoms with Gasteiger partial charge in [0.05, 0.1) is 30.1 Å². The minimum Gasteiger partial charge on any atom is -0.494 e. The van der Waals surface area contributed by atoms with Gasteiger partial charge in [-0.15, -0.1) is 0 Å². The monoisotopic (exact) mass is 565 g/mol. The molecule has 212 valence electrons. The molecule has 5 rings (SSSR count). The van der Waals surface area contributed by atoms with Crippen LogP contribution in [0, 0.1) is 5.82 Å². The van der Waals surface area contributed by atoms with E-state index in [4.69, 9.17) is 15.5 Å². The molecule has 0 radical (unpaired) electrons. The van der Waals surface area contributed by atoms with Crippen molar-refractivity contribution in [2.45, 2.75) is 61.9 Å². The van der Waals surface area contributed by atoms with Gasteiger partial charge < -0.3 is 20.7 Å². The number of nitrogens with one attached hydrogen (secondary N) is 1. The first-order valence-corrected chi connectivity index (χ1v) is 14.9. The third-order valence-corrected chi connectivity index (χ3v) is 8.66. The number of nitrogen functional groups attached to an aromatic ring is 1. The Bertz CT molecular complexity index is 1360. The molecule has 0 unspecified atom stereocenters. The molecule has 2 heterocycles. The fourth-order valence-electron chi connectivity index (χ4n) is 4.79. The average molecular weight is 566 g/mol. The maximum absolute atomic E-state index is 13.8. The number of carbonyl (C=O) groups is 1. The molecule has 1 aliphatic heterocycles. The molecule has 0 spiro atoms. The third kappa shape index (κ3) is 7.03. The summed E-state index contributed by atoms with van der Waals surface area (Å²) in [5.41, 5.74) is 8.58. The van der Waals surface area contributed by atoms with E-state index in [1.807, 2.05) is 12.1 Å². The van der Waals surface area contributed by atoms with Gasteiger partial charge in [0.15, 0.2) is 5.16 Å². The second-order valence-corrected chi connectivity index (χ2v) is 11.6. The van der Waals surface area contributed by atoms with Gasteiger partial charge in [0, 0.05) is 36.9 Å². The van der Waals surface area contributed by atoms with E-state index in [0.29, 0.717) is 54.8 Å². The van der Waals surface area contributed by atoms with E-state index in [0.717, 1.165) is 48.8 Å². The van der Waals surface area contributed by atoms with Crippen LogP contribution in [0.5, 0.6) is 5.75 Å². The summed E-state index contributed by atoms with van der Waals surface area (Å²) in [6, 6.07) is 13.3. The fraction of sp³-hybridized carbons (Fsp3) is 0.433. The minimum atomic E-state index is -0.278. The number of rotatable bonds is 12. The minimum absolute atomic E-state index is 0.0316. The molecule has 10 heteroatoms. The second kappa shape index (κ2) is 13.3. The normalized spacial score (nSPS) is 15.0. The Balaban J connectivity index is 1.13. The number of amides is 1. The predicted molar refractivity (Wildman–Crippen MR) is 155 cm³/mol. The van der Waals surface area contributed by atoms with E-state index >= 15 is 0 Å². The second-order valence-electron chi connectivity index (χ2n) is 10.3. The highest BCUT2D eigenvalue weighted by Gasteiger charge is 2.28. The van der Waals surface area contributed by atoms with Crippen LogP contribution in [-0.2, 0) is 17.8 Å². The van der Waals surface area contributed by atoms with Crippen molar-refractivity contribution in [3.05, 3.63) is 76.0 Å². The molecule has 3 N–H and O–H groups in total. The molecule has 40 heavy (non-hydrogen) atoms. The summed E-state index contributed by atoms with van der Waals surface area (Å²) in [6.07, 6.45) is 6.21. The summed E-state index contributed by atoms with van der Waals surface area (Å²) in [5, 5.41) is 4.53. The molecule has 2 aromatic carbocycles. The van der Waals surface area contributed by atoms with E-state index in [1.54, 1.807) is 45.5 Å². The van der Waals surface area contributed by atoms with Crippen molar-refractivity contribution in [2.24, 2.45) is 0 Å². The topological polar surface area (TPSA) is 102 Å². The first kappa shape index (κ1) is 28.2. The largest absolute Gasteiger partial charge is 0.494 e. The average Bonchev–Trinajstić information content (AvgIpc) is 2.93. The number of aromatic nitrogens is 2. The molecule has 1 saturated carbocycles. The van der Waals surface area contributed by atoms with Crippen molar-refractivity contribution in [2.75, 3.05) is 32.0 Å². The van der Waals surface area contributed by atoms with Crippen molar-refractivity contribution < 1.29 is 13.9 Å². The maximum atomic E-state index is 13.8. The lowest BCUT2D eigenvalue weighted by Crippen LogP contribution is -2.42. The Morgan fingerprint density at radius 2 is 1.88 bits per heavy atom. The van der Waals surface area contributed by atoms with Crippen LogP contribution in [0.1, 0.15) is 49.8 Å². The van der Waals surface area contributed by atoms with Crippen LogP contribution in [0.2, 0.25) is 0 Å². The van der Waals surface area contributed by atoms with Crippen molar-refractivity contribution in [3.8, 4) is 11.4 Å². The number of ether oxygens (including phenoxy) is 1. The van der Waals surface area contributed by atoms with Crippen LogP contribution < -0.4 is 21.3 Å². The third-order valence-electron chi connectivity index (χ3n) is 7.37. The number of fused-ring (bicyclic) bond motifs is 1. The van der Waals surface area contributed by atoms with Gasteiger partial charge in [-0.1, -0.05) is 18.2 Å². The van der Waals surface area contributed by atoms with Crippen molar-refractivity contribution in [1.82, 2.24) is 19.8 Å². The van der Waals surface area contributed by atoms with Gasteiger partial charge in [-0.3, -0.25) is 14.2 Å². The Morgan fingerprint density at radius 3 is 2.60 bits per heavy atom. The van der Waals surface area contributed by atoms with Crippen LogP contribution in [0.4, 0.5) is 10.1 Å². The Hall–Kier alpha value is -3.37. The smallest absolute Gasteiger partial charge is 0.264 e. The van der Waals surface area contributed by atoms with Crippen molar-refractivity contribution in [3.63, 3.8) is 0 Å². The summed E-state index contributed by atoms with van der Waals surface area (Å²) in [7, 11) is 0. The lowest BCUT2D eigenvalue weighted by molar-refractivity contribution is -0.132. The van der Waals surface area contributed by atoms with Gasteiger partial charge in [0.2, 0.25) is 5.91 Å². The molecule has 0 bridgehead atoms. The number of hydrogen-bond donors (Lipinski definition) is 2. The fourth-order valence-corrected chi connectivity index (χ4v) is 6.11. The SMILES string of the molecule is Nc1ccc(-n2c(SC3CCC3)nc3c(c2=O)CN(C(=O)CCNCCCCOc2ccc(F)cc2)CC3)cc1. The van der Waals surface area contributed by atoms with Gasteiger partial charge in [-0.25, -0.2) is 9.37 Å². The molecule has 8 nitrogen and oxygen atoms in total. The molecule has 1 amide bonds. The lowest BCUT2D eigenvalue weighted by Gasteiger charge is -2.30. The van der Waals surface area contributed by atoms with Gasteiger partial charge in [0.1, 0.15) is 11.6 Å². The highest BCUT2D eigenvalue weighted by molar-refractivity contribution is 7.99. The number of carbonyl (C=O) groups excluding carboxylic acids is 1. The number of unbranched alkanes of at least 4 members (excludes halogenated alkanes) is 1. The van der Waals surface area contributed by atoms with E-state index in [2.05, 4.69) is 5.32 Å². The zero-order valence-corrected chi connectivity index (χ0v) is 23.4. The Labute approximate surface area is 238 Å². The van der Waals surface area contributed by atoms with Crippen LogP contribution in [0.25, 0.3) is 5.69 Å². The standard InChI is InChI=1S/C30H36FN5O3S/c31-21-6-12-24(13-7-21)39-19-2-1-16-33-17-14-28(37)35-18-15-27-26(20-35)29(38)36(23-10-8-22(32)9-11-23)30(34-27)40-25-4-3-5-25/h6-13,25,33H,1-5,14-20,32H2. The van der Waals surface area contributed by atoms with E-state index in [-0.39, 0.29) is 23.8 Å². The van der Waals surface area contributed by atoms with Gasteiger partial charge in [0.25, 0.3) is 5.56 Å². The molecule has 0 atom stereocenters. The van der Waals surface area contributed by atoms with Crippen LogP contribution in [-0.4, -0.2) is 51.8 Å². The summed E-state index contributed by atoms with van der Waals surface area (Å²) in [4.78, 5) is 33.5. The molecule has 3 aromatic rings. The quantitative estimate of drug-likeness (QED) is 0.192. The van der Waals surface area contributed by atoms with Gasteiger partial charge in [-0.2, -0.15) is 0 Å². The number of nitrogens with zero attached hydrogens (tertiary/aromatic N) is 3. The number of benzene rings is 2. The van der Waals surface area contributed by atoms with Gasteiger partial charge >= 0.3 is 0 Å². The van der Waals surface area contributed by atoms with Crippen LogP contribution in [0.3, 0.4) is 0 Å². The first-order valence-electron chi connectivity index (χ1n) is 14.0. The number of anilines is 1. The van der Waals surface area contributed by atoms with E-state index in [9.17, 15) is 14.0 Å². The molecular weight excluding hydrogens is 529 g/mol. The molecule has 1 fully saturated rings. The summed E-state index contributed by atoms with van der Waals surface area (Å²) in [6.45, 7) is 2.76. The number of hydrogen-bond acceptors (Lipinski definition) is 7. The maximum Gasteiger partial charge on any atom is 0.264 e. The Morgan fingerprint density at radius 1 is 1.10 bits per heavy atom. The van der Waals surface area contributed by atoms with Crippen molar-refractivity contribution >= 4 is 23.4 Å². The first-order chi connectivity index (χ1) is 19.5. The lowest BCUT2D eigenvalue weighted by atomic mass is 10.0. The highest BCUT2D eigenvalue weighted by Crippen LogP contribution is 2.36. The molecule has 0 saturated heterocycles. The molecule has 1 aliphatic carbocycles. The van der Waals surface area contributed by atoms with E-state index < -0.39 is 0 Å². The summed E-state index contributed by atoms with van der Waals surface area (Å²) >= 11 is 1.68. The molecular formula is C30H36FN5O3S. The van der Waals surface area contributed by atoms with Gasteiger partial charge in [-0.05, 0) is 80.8 Å². The summed E-state index contributed by atoms with van der Waals surface area (Å²) < 4.78 is 20.2. The molecule has 2 aliphatic rings. The highest BCUT2D eigenvalue weighted by atomic mass is 32.2. The zero-order valence-electron chi connectivity index (χ0n) is 22.6. The number of thioether (sulfide) groups is 1. The molecule has 1 aromatic heterocycles. The predicted octanol–water partition coefficient (Wildman–Crippen LogP) is 4.32. The number of nitrogens with two attached hydrogens (primary N) is 1. The Kier molecular flexibility index (Phi) is 9.38. The van der Waals surface area contributed by atoms with Crippen LogP contribution >= 0.6 is 11.8 Å². The van der Waals surface area contributed by atoms with Crippen molar-refractivity contribution in [1.29, 1.82) is 0 Å².